The number of pyridine rings is 1. The normalized spacial score (nSPS) is 16.2. The molecule has 7 heteroatoms. The SMILES string of the molecule is Cc1cccn2cc(C(=O)N3Cc4nnc(Cc5ccccc5)n4[C@@H](C)C3)nc12. The second-order valence-electron chi connectivity index (χ2n) is 7.65. The van der Waals surface area contributed by atoms with Crippen LogP contribution in [-0.4, -0.2) is 41.5 Å². The van der Waals surface area contributed by atoms with Gasteiger partial charge in [-0.1, -0.05) is 36.4 Å². The molecule has 7 nitrogen and oxygen atoms in total. The first kappa shape index (κ1) is 17.6. The Bertz CT molecular complexity index is 1190. The molecule has 1 aliphatic rings. The smallest absolute Gasteiger partial charge is 0.274 e. The molecule has 1 atom stereocenters. The second-order valence-corrected chi connectivity index (χ2v) is 7.65. The van der Waals surface area contributed by atoms with Crippen LogP contribution in [-0.2, 0) is 13.0 Å². The second kappa shape index (κ2) is 6.84. The molecule has 4 aromatic rings. The van der Waals surface area contributed by atoms with Gasteiger partial charge in [0.2, 0.25) is 0 Å². The lowest BCUT2D eigenvalue weighted by molar-refractivity contribution is 0.0674. The number of aryl methyl sites for hydroxylation is 1. The number of rotatable bonds is 3. The minimum Gasteiger partial charge on any atom is -0.328 e. The Balaban J connectivity index is 1.41. The van der Waals surface area contributed by atoms with Gasteiger partial charge in [-0.25, -0.2) is 4.98 Å². The number of amides is 1. The number of imidazole rings is 1. The zero-order valence-corrected chi connectivity index (χ0v) is 16.5. The zero-order chi connectivity index (χ0) is 20.0. The van der Waals surface area contributed by atoms with Crippen LogP contribution in [0.1, 0.15) is 46.2 Å². The molecule has 29 heavy (non-hydrogen) atoms. The molecule has 0 saturated carbocycles. The molecule has 5 rings (SSSR count). The standard InChI is InChI=1S/C22H22N6O/c1-15-7-6-10-26-13-18(23-21(15)26)22(29)27-12-16(2)28-19(24-25-20(28)14-27)11-17-8-4-3-5-9-17/h3-10,13,16H,11-12,14H2,1-2H3/t16-/m0/s1. The molecule has 4 heterocycles. The highest BCUT2D eigenvalue weighted by Crippen LogP contribution is 2.24. The van der Waals surface area contributed by atoms with Gasteiger partial charge in [-0.15, -0.1) is 10.2 Å². The molecule has 146 valence electrons. The molecular weight excluding hydrogens is 364 g/mol. The van der Waals surface area contributed by atoms with Crippen LogP contribution in [0, 0.1) is 6.92 Å². The minimum atomic E-state index is -0.0705. The van der Waals surface area contributed by atoms with E-state index < -0.39 is 0 Å². The molecule has 0 radical (unpaired) electrons. The van der Waals surface area contributed by atoms with E-state index in [9.17, 15) is 4.79 Å². The van der Waals surface area contributed by atoms with Crippen LogP contribution >= 0.6 is 0 Å². The summed E-state index contributed by atoms with van der Waals surface area (Å²) < 4.78 is 4.07. The van der Waals surface area contributed by atoms with E-state index >= 15 is 0 Å². The molecule has 0 bridgehead atoms. The fraction of sp³-hybridized carbons (Fsp3) is 0.273. The average Bonchev–Trinajstić information content (AvgIpc) is 3.34. The van der Waals surface area contributed by atoms with Gasteiger partial charge in [0.25, 0.3) is 5.91 Å². The van der Waals surface area contributed by atoms with Crippen molar-refractivity contribution in [3.8, 4) is 0 Å². The van der Waals surface area contributed by atoms with Crippen LogP contribution in [0.5, 0.6) is 0 Å². The van der Waals surface area contributed by atoms with Gasteiger partial charge in [0.05, 0.1) is 12.6 Å². The molecule has 1 aliphatic heterocycles. The summed E-state index contributed by atoms with van der Waals surface area (Å²) in [6.45, 7) is 5.15. The van der Waals surface area contributed by atoms with E-state index in [-0.39, 0.29) is 11.9 Å². The maximum absolute atomic E-state index is 13.1. The van der Waals surface area contributed by atoms with Crippen molar-refractivity contribution in [1.29, 1.82) is 0 Å². The van der Waals surface area contributed by atoms with E-state index in [1.807, 2.05) is 52.8 Å². The largest absolute Gasteiger partial charge is 0.328 e. The third-order valence-corrected chi connectivity index (χ3v) is 5.48. The Morgan fingerprint density at radius 2 is 1.97 bits per heavy atom. The Kier molecular flexibility index (Phi) is 4.16. The van der Waals surface area contributed by atoms with Gasteiger partial charge < -0.3 is 13.9 Å². The van der Waals surface area contributed by atoms with Crippen LogP contribution in [0.2, 0.25) is 0 Å². The molecule has 1 aromatic carbocycles. The Morgan fingerprint density at radius 1 is 1.14 bits per heavy atom. The summed E-state index contributed by atoms with van der Waals surface area (Å²) in [6.07, 6.45) is 4.45. The van der Waals surface area contributed by atoms with Crippen molar-refractivity contribution < 1.29 is 4.79 Å². The molecular formula is C22H22N6O. The van der Waals surface area contributed by atoms with Crippen LogP contribution in [0.25, 0.3) is 5.65 Å². The third-order valence-electron chi connectivity index (χ3n) is 5.48. The molecule has 0 spiro atoms. The summed E-state index contributed by atoms with van der Waals surface area (Å²) in [5.41, 5.74) is 3.52. The average molecular weight is 386 g/mol. The first-order chi connectivity index (χ1) is 14.1. The van der Waals surface area contributed by atoms with Crippen molar-refractivity contribution in [1.82, 2.24) is 29.0 Å². The van der Waals surface area contributed by atoms with Crippen molar-refractivity contribution in [2.24, 2.45) is 0 Å². The number of aromatic nitrogens is 5. The Morgan fingerprint density at radius 3 is 2.76 bits per heavy atom. The zero-order valence-electron chi connectivity index (χ0n) is 16.5. The van der Waals surface area contributed by atoms with Gasteiger partial charge in [-0.05, 0) is 31.0 Å². The van der Waals surface area contributed by atoms with Gasteiger partial charge in [0.1, 0.15) is 17.2 Å². The maximum atomic E-state index is 13.1. The number of carbonyl (C=O) groups excluding carboxylic acids is 1. The molecule has 1 amide bonds. The van der Waals surface area contributed by atoms with Crippen molar-refractivity contribution in [3.05, 3.63) is 83.3 Å². The van der Waals surface area contributed by atoms with Crippen molar-refractivity contribution in [2.45, 2.75) is 32.9 Å². The summed E-state index contributed by atoms with van der Waals surface area (Å²) >= 11 is 0. The lowest BCUT2D eigenvalue weighted by Gasteiger charge is -2.32. The van der Waals surface area contributed by atoms with Crippen molar-refractivity contribution in [3.63, 3.8) is 0 Å². The van der Waals surface area contributed by atoms with E-state index in [0.29, 0.717) is 18.8 Å². The van der Waals surface area contributed by atoms with E-state index in [4.69, 9.17) is 0 Å². The molecule has 0 N–H and O–H groups in total. The predicted molar refractivity (Wildman–Crippen MR) is 109 cm³/mol. The van der Waals surface area contributed by atoms with E-state index in [1.165, 1.54) is 5.56 Å². The van der Waals surface area contributed by atoms with Crippen molar-refractivity contribution >= 4 is 11.6 Å². The fourth-order valence-corrected chi connectivity index (χ4v) is 4.09. The molecule has 0 aliphatic carbocycles. The topological polar surface area (TPSA) is 68.3 Å². The van der Waals surface area contributed by atoms with Crippen LogP contribution in [0.3, 0.4) is 0 Å². The Hall–Kier alpha value is -3.48. The van der Waals surface area contributed by atoms with Crippen molar-refractivity contribution in [2.75, 3.05) is 6.54 Å². The number of carbonyl (C=O) groups is 1. The van der Waals surface area contributed by atoms with Crippen LogP contribution in [0.4, 0.5) is 0 Å². The minimum absolute atomic E-state index is 0.0705. The van der Waals surface area contributed by atoms with E-state index in [2.05, 4.69) is 38.8 Å². The van der Waals surface area contributed by atoms with Crippen LogP contribution < -0.4 is 0 Å². The predicted octanol–water partition coefficient (Wildman–Crippen LogP) is 3.04. The number of hydrogen-bond acceptors (Lipinski definition) is 4. The maximum Gasteiger partial charge on any atom is 0.274 e. The van der Waals surface area contributed by atoms with Gasteiger partial charge in [-0.3, -0.25) is 4.79 Å². The first-order valence-electron chi connectivity index (χ1n) is 9.80. The number of nitrogens with zero attached hydrogens (tertiary/aromatic N) is 6. The summed E-state index contributed by atoms with van der Waals surface area (Å²) in [6, 6.07) is 14.3. The molecule has 0 saturated heterocycles. The van der Waals surface area contributed by atoms with Gasteiger partial charge in [0, 0.05) is 25.4 Å². The van der Waals surface area contributed by atoms with E-state index in [1.54, 1.807) is 6.20 Å². The Labute approximate surface area is 168 Å². The lowest BCUT2D eigenvalue weighted by Crippen LogP contribution is -2.41. The van der Waals surface area contributed by atoms with Gasteiger partial charge >= 0.3 is 0 Å². The highest BCUT2D eigenvalue weighted by Gasteiger charge is 2.30. The third kappa shape index (κ3) is 3.08. The molecule has 0 unspecified atom stereocenters. The van der Waals surface area contributed by atoms with Gasteiger partial charge in [-0.2, -0.15) is 0 Å². The summed E-state index contributed by atoms with van der Waals surface area (Å²) in [7, 11) is 0. The number of hydrogen-bond donors (Lipinski definition) is 0. The van der Waals surface area contributed by atoms with Gasteiger partial charge in [0.15, 0.2) is 5.82 Å². The fourth-order valence-electron chi connectivity index (χ4n) is 4.09. The van der Waals surface area contributed by atoms with Crippen LogP contribution in [0.15, 0.2) is 54.9 Å². The van der Waals surface area contributed by atoms with E-state index in [0.717, 1.165) is 29.3 Å². The quantitative estimate of drug-likeness (QED) is 0.543. The highest BCUT2D eigenvalue weighted by molar-refractivity contribution is 5.93. The number of fused-ring (bicyclic) bond motifs is 2. The monoisotopic (exact) mass is 386 g/mol. The summed E-state index contributed by atoms with van der Waals surface area (Å²) in [5.74, 6) is 1.69. The first-order valence-corrected chi connectivity index (χ1v) is 9.80. The lowest BCUT2D eigenvalue weighted by atomic mass is 10.1. The highest BCUT2D eigenvalue weighted by atomic mass is 16.2. The molecule has 0 fully saturated rings. The molecule has 3 aromatic heterocycles. The summed E-state index contributed by atoms with van der Waals surface area (Å²) in [4.78, 5) is 19.5. The number of benzene rings is 1. The summed E-state index contributed by atoms with van der Waals surface area (Å²) in [5, 5.41) is 8.79.